The van der Waals surface area contributed by atoms with Gasteiger partial charge in [-0.05, 0) is 36.2 Å². The number of benzene rings is 2. The summed E-state index contributed by atoms with van der Waals surface area (Å²) in [7, 11) is 3.14. The number of ether oxygens (including phenoxy) is 2. The highest BCUT2D eigenvalue weighted by molar-refractivity contribution is 6.05. The minimum Gasteiger partial charge on any atom is -0.497 e. The maximum Gasteiger partial charge on any atom is 0.337 e. The average Bonchev–Trinajstić information content (AvgIpc) is 2.67. The van der Waals surface area contributed by atoms with E-state index in [1.807, 2.05) is 24.3 Å². The van der Waals surface area contributed by atoms with Crippen LogP contribution in [0.5, 0.6) is 11.5 Å². The van der Waals surface area contributed by atoms with Gasteiger partial charge in [-0.2, -0.15) is 0 Å². The Morgan fingerprint density at radius 2 is 1.69 bits per heavy atom. The molecule has 1 amide bonds. The smallest absolute Gasteiger partial charge is 0.337 e. The van der Waals surface area contributed by atoms with Gasteiger partial charge in [0.25, 0.3) is 5.91 Å². The van der Waals surface area contributed by atoms with Crippen molar-refractivity contribution < 1.29 is 18.7 Å². The van der Waals surface area contributed by atoms with Crippen molar-refractivity contribution >= 4 is 16.9 Å². The molecule has 6 heteroatoms. The summed E-state index contributed by atoms with van der Waals surface area (Å²) in [6.07, 6.45) is 0.670. The number of carbonyl (C=O) groups is 1. The predicted octanol–water partition coefficient (Wildman–Crippen LogP) is 2.78. The van der Waals surface area contributed by atoms with Crippen LogP contribution in [-0.4, -0.2) is 26.7 Å². The highest BCUT2D eigenvalue weighted by Gasteiger charge is 2.13. The Labute approximate surface area is 150 Å². The number of fused-ring (bicyclic) bond motifs is 1. The van der Waals surface area contributed by atoms with E-state index < -0.39 is 5.63 Å². The standard InChI is InChI=1S/C20H19NO5/c1-24-14-5-3-13(4-6-14)9-10-21-20(23)17-12-19(22)26-18-11-15(25-2)7-8-16(17)18/h3-8,11-12H,9-10H2,1-2H3,(H,21,23). The lowest BCUT2D eigenvalue weighted by Gasteiger charge is -2.08. The maximum atomic E-state index is 12.5. The van der Waals surface area contributed by atoms with Crippen molar-refractivity contribution in [3.05, 3.63) is 70.1 Å². The summed E-state index contributed by atoms with van der Waals surface area (Å²) in [6, 6.07) is 13.9. The number of hydrogen-bond donors (Lipinski definition) is 1. The van der Waals surface area contributed by atoms with Gasteiger partial charge in [0.15, 0.2) is 0 Å². The van der Waals surface area contributed by atoms with Crippen LogP contribution in [0.1, 0.15) is 15.9 Å². The molecule has 0 aliphatic rings. The van der Waals surface area contributed by atoms with Crippen LogP contribution in [0.4, 0.5) is 0 Å². The first-order valence-corrected chi connectivity index (χ1v) is 8.14. The summed E-state index contributed by atoms with van der Waals surface area (Å²) in [4.78, 5) is 24.3. The number of carbonyl (C=O) groups excluding carboxylic acids is 1. The topological polar surface area (TPSA) is 77.8 Å². The molecule has 134 valence electrons. The number of amides is 1. The molecule has 0 aliphatic carbocycles. The van der Waals surface area contributed by atoms with Gasteiger partial charge in [-0.1, -0.05) is 12.1 Å². The van der Waals surface area contributed by atoms with Crippen LogP contribution in [0.15, 0.2) is 57.7 Å². The van der Waals surface area contributed by atoms with Gasteiger partial charge in [-0.25, -0.2) is 4.79 Å². The monoisotopic (exact) mass is 353 g/mol. The first-order valence-electron chi connectivity index (χ1n) is 8.14. The zero-order valence-electron chi connectivity index (χ0n) is 14.6. The summed E-state index contributed by atoms with van der Waals surface area (Å²) < 4.78 is 15.4. The van der Waals surface area contributed by atoms with Gasteiger partial charge in [0.1, 0.15) is 17.1 Å². The molecule has 0 spiro atoms. The summed E-state index contributed by atoms with van der Waals surface area (Å²) in [5.74, 6) is 1.02. The van der Waals surface area contributed by atoms with E-state index in [9.17, 15) is 9.59 Å². The number of hydrogen-bond acceptors (Lipinski definition) is 5. The molecule has 3 rings (SSSR count). The summed E-state index contributed by atoms with van der Waals surface area (Å²) >= 11 is 0. The van der Waals surface area contributed by atoms with Crippen LogP contribution in [0.2, 0.25) is 0 Å². The van der Waals surface area contributed by atoms with Crippen molar-refractivity contribution in [2.75, 3.05) is 20.8 Å². The lowest BCUT2D eigenvalue weighted by Crippen LogP contribution is -2.26. The molecular weight excluding hydrogens is 334 g/mol. The molecule has 2 aromatic carbocycles. The minimum absolute atomic E-state index is 0.286. The Morgan fingerprint density at radius 1 is 1.00 bits per heavy atom. The van der Waals surface area contributed by atoms with Crippen LogP contribution in [0.3, 0.4) is 0 Å². The molecule has 6 nitrogen and oxygen atoms in total. The van der Waals surface area contributed by atoms with Crippen molar-refractivity contribution in [1.29, 1.82) is 0 Å². The average molecular weight is 353 g/mol. The van der Waals surface area contributed by atoms with Crippen molar-refractivity contribution in [3.63, 3.8) is 0 Å². The maximum absolute atomic E-state index is 12.5. The predicted molar refractivity (Wildman–Crippen MR) is 98.1 cm³/mol. The second kappa shape index (κ2) is 7.74. The van der Waals surface area contributed by atoms with E-state index in [0.29, 0.717) is 29.7 Å². The first-order chi connectivity index (χ1) is 12.6. The third-order valence-corrected chi connectivity index (χ3v) is 4.05. The highest BCUT2D eigenvalue weighted by atomic mass is 16.5. The van der Waals surface area contributed by atoms with Gasteiger partial charge < -0.3 is 19.2 Å². The van der Waals surface area contributed by atoms with Crippen molar-refractivity contribution in [2.45, 2.75) is 6.42 Å². The van der Waals surface area contributed by atoms with Crippen LogP contribution < -0.4 is 20.4 Å². The quantitative estimate of drug-likeness (QED) is 0.690. The van der Waals surface area contributed by atoms with E-state index in [-0.39, 0.29) is 11.5 Å². The van der Waals surface area contributed by atoms with Crippen molar-refractivity contribution in [2.24, 2.45) is 0 Å². The third kappa shape index (κ3) is 3.85. The molecule has 0 saturated heterocycles. The van der Waals surface area contributed by atoms with Crippen LogP contribution in [-0.2, 0) is 6.42 Å². The number of methoxy groups -OCH3 is 2. The SMILES string of the molecule is COc1ccc(CCNC(=O)c2cc(=O)oc3cc(OC)ccc23)cc1. The Bertz CT molecular complexity index is 976. The van der Waals surface area contributed by atoms with Gasteiger partial charge >= 0.3 is 5.63 Å². The van der Waals surface area contributed by atoms with E-state index >= 15 is 0 Å². The molecule has 26 heavy (non-hydrogen) atoms. The molecular formula is C20H19NO5. The first kappa shape index (κ1) is 17.5. The summed E-state index contributed by atoms with van der Waals surface area (Å²) in [5.41, 5.74) is 1.10. The Balaban J connectivity index is 1.73. The van der Waals surface area contributed by atoms with Crippen LogP contribution in [0, 0.1) is 0 Å². The zero-order valence-corrected chi connectivity index (χ0v) is 14.6. The molecule has 0 radical (unpaired) electrons. The molecule has 0 saturated carbocycles. The normalized spacial score (nSPS) is 10.5. The molecule has 0 bridgehead atoms. The molecule has 0 unspecified atom stereocenters. The molecule has 1 heterocycles. The van der Waals surface area contributed by atoms with Gasteiger partial charge in [0.2, 0.25) is 0 Å². The second-order valence-corrected chi connectivity index (χ2v) is 5.70. The Morgan fingerprint density at radius 3 is 2.38 bits per heavy atom. The molecule has 3 aromatic rings. The molecule has 0 atom stereocenters. The molecule has 1 aromatic heterocycles. The number of rotatable bonds is 6. The lowest BCUT2D eigenvalue weighted by atomic mass is 10.1. The fourth-order valence-corrected chi connectivity index (χ4v) is 2.67. The largest absolute Gasteiger partial charge is 0.497 e. The summed E-state index contributed by atoms with van der Waals surface area (Å²) in [6.45, 7) is 0.447. The van der Waals surface area contributed by atoms with E-state index in [1.54, 1.807) is 25.3 Å². The molecule has 0 fully saturated rings. The second-order valence-electron chi connectivity index (χ2n) is 5.70. The Hall–Kier alpha value is -3.28. The van der Waals surface area contributed by atoms with E-state index in [1.165, 1.54) is 13.2 Å². The van der Waals surface area contributed by atoms with E-state index in [0.717, 1.165) is 11.3 Å². The van der Waals surface area contributed by atoms with Gasteiger partial charge in [-0.3, -0.25) is 4.79 Å². The third-order valence-electron chi connectivity index (χ3n) is 4.05. The molecule has 1 N–H and O–H groups in total. The van der Waals surface area contributed by atoms with Gasteiger partial charge in [0, 0.05) is 24.1 Å². The van der Waals surface area contributed by atoms with Crippen molar-refractivity contribution in [3.8, 4) is 11.5 Å². The lowest BCUT2D eigenvalue weighted by molar-refractivity contribution is 0.0955. The number of nitrogens with one attached hydrogen (secondary N) is 1. The van der Waals surface area contributed by atoms with Crippen molar-refractivity contribution in [1.82, 2.24) is 5.32 Å². The van der Waals surface area contributed by atoms with Crippen LogP contribution >= 0.6 is 0 Å². The van der Waals surface area contributed by atoms with Crippen LogP contribution in [0.25, 0.3) is 11.0 Å². The molecule has 0 aliphatic heterocycles. The van der Waals surface area contributed by atoms with E-state index in [4.69, 9.17) is 13.9 Å². The minimum atomic E-state index is -0.578. The van der Waals surface area contributed by atoms with Gasteiger partial charge in [-0.15, -0.1) is 0 Å². The fourth-order valence-electron chi connectivity index (χ4n) is 2.67. The highest BCUT2D eigenvalue weighted by Crippen LogP contribution is 2.22. The van der Waals surface area contributed by atoms with Gasteiger partial charge in [0.05, 0.1) is 19.8 Å². The zero-order chi connectivity index (χ0) is 18.5. The Kier molecular flexibility index (Phi) is 5.22. The van der Waals surface area contributed by atoms with E-state index in [2.05, 4.69) is 5.32 Å². The fraction of sp³-hybridized carbons (Fsp3) is 0.200. The summed E-state index contributed by atoms with van der Waals surface area (Å²) in [5, 5.41) is 3.40.